The molecule has 1 saturated heterocycles. The first kappa shape index (κ1) is 14.6. The van der Waals surface area contributed by atoms with Crippen LogP contribution in [0.25, 0.3) is 0 Å². The second-order valence-electron chi connectivity index (χ2n) is 4.63. The van der Waals surface area contributed by atoms with Gasteiger partial charge in [-0.2, -0.15) is 4.98 Å². The standard InChI is InChI=1S/C12H15N3O4S/c1-6-8(7(2)14-12(19)13-6)3-10(16)15-5-20-4-9(15)11(17)18/h9H,3-5H2,1-2H3,(H,17,18)(H,13,14,19). The molecule has 0 aromatic carbocycles. The molecule has 2 N–H and O–H groups in total. The highest BCUT2D eigenvalue weighted by Gasteiger charge is 2.34. The lowest BCUT2D eigenvalue weighted by Crippen LogP contribution is -2.42. The first-order valence-electron chi connectivity index (χ1n) is 6.06. The Morgan fingerprint density at radius 1 is 1.50 bits per heavy atom. The van der Waals surface area contributed by atoms with Gasteiger partial charge in [-0.15, -0.1) is 11.8 Å². The Hall–Kier alpha value is -1.83. The normalized spacial score (nSPS) is 18.3. The maximum absolute atomic E-state index is 12.2. The van der Waals surface area contributed by atoms with Gasteiger partial charge in [0.15, 0.2) is 0 Å². The molecule has 0 aliphatic carbocycles. The summed E-state index contributed by atoms with van der Waals surface area (Å²) in [6.07, 6.45) is 0.0474. The summed E-state index contributed by atoms with van der Waals surface area (Å²) in [5.74, 6) is -0.466. The van der Waals surface area contributed by atoms with E-state index in [1.165, 1.54) is 16.7 Å². The van der Waals surface area contributed by atoms with Gasteiger partial charge in [0.2, 0.25) is 5.91 Å². The van der Waals surface area contributed by atoms with Crippen molar-refractivity contribution >= 4 is 23.6 Å². The molecule has 20 heavy (non-hydrogen) atoms. The Balaban J connectivity index is 2.20. The maximum atomic E-state index is 12.2. The van der Waals surface area contributed by atoms with E-state index in [-0.39, 0.29) is 12.3 Å². The summed E-state index contributed by atoms with van der Waals surface area (Å²) >= 11 is 1.42. The quantitative estimate of drug-likeness (QED) is 0.808. The fraction of sp³-hybridized carbons (Fsp3) is 0.500. The number of thioether (sulfide) groups is 1. The van der Waals surface area contributed by atoms with Gasteiger partial charge in [-0.3, -0.25) is 4.79 Å². The molecule has 0 spiro atoms. The number of carbonyl (C=O) groups excluding carboxylic acids is 1. The predicted molar refractivity (Wildman–Crippen MR) is 73.6 cm³/mol. The van der Waals surface area contributed by atoms with Crippen LogP contribution < -0.4 is 5.69 Å². The minimum Gasteiger partial charge on any atom is -0.480 e. The average molecular weight is 297 g/mol. The van der Waals surface area contributed by atoms with Crippen molar-refractivity contribution in [1.29, 1.82) is 0 Å². The molecule has 1 aliphatic rings. The van der Waals surface area contributed by atoms with Gasteiger partial charge in [0.05, 0.1) is 12.3 Å². The number of H-pyrrole nitrogens is 1. The van der Waals surface area contributed by atoms with E-state index in [0.29, 0.717) is 28.6 Å². The fourth-order valence-electron chi connectivity index (χ4n) is 2.16. The number of hydrogen-bond acceptors (Lipinski definition) is 5. The zero-order chi connectivity index (χ0) is 14.9. The highest BCUT2D eigenvalue weighted by Crippen LogP contribution is 2.22. The zero-order valence-corrected chi connectivity index (χ0v) is 12.0. The van der Waals surface area contributed by atoms with Crippen molar-refractivity contribution in [2.45, 2.75) is 26.3 Å². The molecule has 8 heteroatoms. The van der Waals surface area contributed by atoms with E-state index >= 15 is 0 Å². The number of hydrogen-bond donors (Lipinski definition) is 2. The van der Waals surface area contributed by atoms with Crippen LogP contribution in [0.15, 0.2) is 4.79 Å². The number of carbonyl (C=O) groups is 2. The fourth-order valence-corrected chi connectivity index (χ4v) is 3.33. The van der Waals surface area contributed by atoms with Crippen LogP contribution in [0, 0.1) is 13.8 Å². The molecule has 1 atom stereocenters. The summed E-state index contributed by atoms with van der Waals surface area (Å²) in [4.78, 5) is 42.2. The molecule has 1 fully saturated rings. The predicted octanol–water partition coefficient (Wildman–Crippen LogP) is -0.0847. The van der Waals surface area contributed by atoms with Crippen molar-refractivity contribution in [2.75, 3.05) is 11.6 Å². The molecule has 108 valence electrons. The largest absolute Gasteiger partial charge is 0.480 e. The lowest BCUT2D eigenvalue weighted by Gasteiger charge is -2.21. The number of aromatic nitrogens is 2. The van der Waals surface area contributed by atoms with E-state index in [4.69, 9.17) is 5.11 Å². The van der Waals surface area contributed by atoms with E-state index in [0.717, 1.165) is 0 Å². The Morgan fingerprint density at radius 3 is 2.80 bits per heavy atom. The molecule has 1 aromatic rings. The van der Waals surface area contributed by atoms with E-state index in [1.54, 1.807) is 13.8 Å². The zero-order valence-electron chi connectivity index (χ0n) is 11.2. The van der Waals surface area contributed by atoms with Crippen molar-refractivity contribution < 1.29 is 14.7 Å². The van der Waals surface area contributed by atoms with Gasteiger partial charge in [-0.1, -0.05) is 0 Å². The maximum Gasteiger partial charge on any atom is 0.345 e. The summed E-state index contributed by atoms with van der Waals surface area (Å²) in [5, 5.41) is 9.08. The van der Waals surface area contributed by atoms with Crippen molar-refractivity contribution in [3.05, 3.63) is 27.4 Å². The molecule has 0 bridgehead atoms. The van der Waals surface area contributed by atoms with Gasteiger partial charge in [-0.25, -0.2) is 9.59 Å². The third-order valence-electron chi connectivity index (χ3n) is 3.27. The number of carboxylic acid groups (broad SMARTS) is 1. The highest BCUT2D eigenvalue weighted by atomic mass is 32.2. The smallest absolute Gasteiger partial charge is 0.345 e. The molecular weight excluding hydrogens is 282 g/mol. The molecule has 1 aromatic heterocycles. The summed E-state index contributed by atoms with van der Waals surface area (Å²) in [6.45, 7) is 3.37. The van der Waals surface area contributed by atoms with Crippen LogP contribution >= 0.6 is 11.8 Å². The first-order chi connectivity index (χ1) is 9.40. The van der Waals surface area contributed by atoms with Gasteiger partial charge in [0, 0.05) is 22.7 Å². The Kier molecular flexibility index (Phi) is 4.12. The number of aromatic amines is 1. The molecule has 0 saturated carbocycles. The topological polar surface area (TPSA) is 103 Å². The van der Waals surface area contributed by atoms with Gasteiger partial charge < -0.3 is 15.0 Å². The minimum absolute atomic E-state index is 0.0474. The average Bonchev–Trinajstić information content (AvgIpc) is 2.82. The van der Waals surface area contributed by atoms with Crippen LogP contribution in [-0.2, 0) is 16.0 Å². The molecule has 7 nitrogen and oxygen atoms in total. The summed E-state index contributed by atoms with van der Waals surface area (Å²) in [6, 6.07) is -0.774. The van der Waals surface area contributed by atoms with E-state index < -0.39 is 17.7 Å². The van der Waals surface area contributed by atoms with Gasteiger partial charge >= 0.3 is 11.7 Å². The third kappa shape index (κ3) is 2.84. The van der Waals surface area contributed by atoms with Crippen LogP contribution in [0.4, 0.5) is 0 Å². The highest BCUT2D eigenvalue weighted by molar-refractivity contribution is 7.99. The molecule has 1 amide bonds. The molecular formula is C12H15N3O4S. The SMILES string of the molecule is Cc1nc(=O)[nH]c(C)c1CC(=O)N1CSCC1C(=O)O. The minimum atomic E-state index is -0.989. The number of carboxylic acids is 1. The molecule has 0 radical (unpaired) electrons. The van der Waals surface area contributed by atoms with Gasteiger partial charge in [0.25, 0.3) is 0 Å². The number of aliphatic carboxylic acids is 1. The number of nitrogens with zero attached hydrogens (tertiary/aromatic N) is 2. The third-order valence-corrected chi connectivity index (χ3v) is 4.28. The lowest BCUT2D eigenvalue weighted by atomic mass is 10.1. The summed E-state index contributed by atoms with van der Waals surface area (Å²) in [7, 11) is 0. The number of rotatable bonds is 3. The van der Waals surface area contributed by atoms with Crippen LogP contribution in [0.2, 0.25) is 0 Å². The van der Waals surface area contributed by atoms with E-state index in [2.05, 4.69) is 9.97 Å². The molecule has 2 heterocycles. The lowest BCUT2D eigenvalue weighted by molar-refractivity contribution is -0.147. The molecule has 1 unspecified atom stereocenters. The van der Waals surface area contributed by atoms with Crippen molar-refractivity contribution in [3.63, 3.8) is 0 Å². The van der Waals surface area contributed by atoms with E-state index in [9.17, 15) is 14.4 Å². The van der Waals surface area contributed by atoms with Crippen molar-refractivity contribution in [1.82, 2.24) is 14.9 Å². The Morgan fingerprint density at radius 2 is 2.20 bits per heavy atom. The van der Waals surface area contributed by atoms with Crippen LogP contribution in [0.5, 0.6) is 0 Å². The number of amides is 1. The Bertz CT molecular complexity index is 587. The summed E-state index contributed by atoms with van der Waals surface area (Å²) in [5.41, 5.74) is 1.29. The van der Waals surface area contributed by atoms with Crippen LogP contribution in [-0.4, -0.2) is 49.5 Å². The second-order valence-corrected chi connectivity index (χ2v) is 5.62. The number of aryl methyl sites for hydroxylation is 2. The van der Waals surface area contributed by atoms with Crippen LogP contribution in [0.3, 0.4) is 0 Å². The summed E-state index contributed by atoms with van der Waals surface area (Å²) < 4.78 is 0. The monoisotopic (exact) mass is 297 g/mol. The van der Waals surface area contributed by atoms with Crippen LogP contribution in [0.1, 0.15) is 17.0 Å². The number of nitrogens with one attached hydrogen (secondary N) is 1. The van der Waals surface area contributed by atoms with E-state index in [1.807, 2.05) is 0 Å². The Labute approximate surface area is 119 Å². The van der Waals surface area contributed by atoms with Gasteiger partial charge in [0.1, 0.15) is 6.04 Å². The van der Waals surface area contributed by atoms with Crippen molar-refractivity contribution in [3.8, 4) is 0 Å². The molecule has 2 rings (SSSR count). The first-order valence-corrected chi connectivity index (χ1v) is 7.22. The van der Waals surface area contributed by atoms with Gasteiger partial charge in [-0.05, 0) is 13.8 Å². The second kappa shape index (κ2) is 5.66. The van der Waals surface area contributed by atoms with Crippen molar-refractivity contribution in [2.24, 2.45) is 0 Å². The molecule has 1 aliphatic heterocycles.